The van der Waals surface area contributed by atoms with E-state index in [0.717, 1.165) is 21.9 Å². The first-order chi connectivity index (χ1) is 15.5. The molecule has 0 saturated carbocycles. The molecular formula is C23H23ClN4O3S. The molecule has 0 fully saturated rings. The summed E-state index contributed by atoms with van der Waals surface area (Å²) in [6, 6.07) is 9.14. The number of benzene rings is 1. The first-order valence-corrected chi connectivity index (χ1v) is 11.4. The van der Waals surface area contributed by atoms with E-state index in [1.807, 2.05) is 57.9 Å². The molecule has 32 heavy (non-hydrogen) atoms. The molecule has 9 heteroatoms. The van der Waals surface area contributed by atoms with Gasteiger partial charge >= 0.3 is 0 Å². The average molecular weight is 471 g/mol. The van der Waals surface area contributed by atoms with Crippen molar-refractivity contribution in [3.05, 3.63) is 91.6 Å². The lowest BCUT2D eigenvalue weighted by molar-refractivity contribution is 0.0941. The van der Waals surface area contributed by atoms with Gasteiger partial charge in [0.05, 0.1) is 24.5 Å². The van der Waals surface area contributed by atoms with Gasteiger partial charge in [-0.15, -0.1) is 11.3 Å². The Morgan fingerprint density at radius 2 is 2.12 bits per heavy atom. The van der Waals surface area contributed by atoms with Crippen LogP contribution in [0.25, 0.3) is 4.96 Å². The molecule has 166 valence electrons. The van der Waals surface area contributed by atoms with Crippen LogP contribution in [0.15, 0.2) is 52.9 Å². The topological polar surface area (TPSA) is 77.6 Å². The Balaban J connectivity index is 1.60. The number of imidazole rings is 1. The summed E-state index contributed by atoms with van der Waals surface area (Å²) in [6.07, 6.45) is 4.43. The number of ether oxygens (including phenoxy) is 1. The number of methoxy groups -OCH3 is 1. The zero-order valence-corrected chi connectivity index (χ0v) is 19.4. The maximum Gasteiger partial charge on any atom is 0.257 e. The Morgan fingerprint density at radius 3 is 2.88 bits per heavy atom. The molecule has 4 aromatic rings. The molecule has 0 radical (unpaired) electrons. The summed E-state index contributed by atoms with van der Waals surface area (Å²) < 4.78 is 9.21. The van der Waals surface area contributed by atoms with E-state index in [-0.39, 0.29) is 24.1 Å². The number of aryl methyl sites for hydroxylation is 2. The highest BCUT2D eigenvalue weighted by molar-refractivity contribution is 7.15. The van der Waals surface area contributed by atoms with Gasteiger partial charge in [-0.1, -0.05) is 29.8 Å². The van der Waals surface area contributed by atoms with Crippen LogP contribution in [-0.4, -0.2) is 27.0 Å². The van der Waals surface area contributed by atoms with Crippen molar-refractivity contribution < 1.29 is 9.53 Å². The van der Waals surface area contributed by atoms with Gasteiger partial charge in [0.15, 0.2) is 10.4 Å². The maximum atomic E-state index is 13.0. The minimum Gasteiger partial charge on any atom is -0.378 e. The number of rotatable bonds is 8. The number of carbonyl (C=O) groups is 1. The second-order valence-electron chi connectivity index (χ2n) is 7.41. The summed E-state index contributed by atoms with van der Waals surface area (Å²) in [7, 11) is 1.55. The minimum absolute atomic E-state index is 0.0950. The molecule has 4 rings (SSSR count). The van der Waals surface area contributed by atoms with E-state index in [0.29, 0.717) is 23.7 Å². The smallest absolute Gasteiger partial charge is 0.257 e. The molecule has 1 N–H and O–H groups in total. The zero-order chi connectivity index (χ0) is 22.7. The fraction of sp³-hybridized carbons (Fsp3) is 0.261. The van der Waals surface area contributed by atoms with Gasteiger partial charge in [0.2, 0.25) is 0 Å². The second kappa shape index (κ2) is 9.68. The van der Waals surface area contributed by atoms with Gasteiger partial charge in [0, 0.05) is 48.2 Å². The van der Waals surface area contributed by atoms with E-state index in [1.54, 1.807) is 7.11 Å². The Morgan fingerprint density at radius 1 is 1.31 bits per heavy atom. The van der Waals surface area contributed by atoms with E-state index in [9.17, 15) is 9.59 Å². The van der Waals surface area contributed by atoms with Gasteiger partial charge in [-0.2, -0.15) is 0 Å². The molecular weight excluding hydrogens is 448 g/mol. The number of hydrogen-bond donors (Lipinski definition) is 1. The van der Waals surface area contributed by atoms with Crippen LogP contribution in [0.4, 0.5) is 0 Å². The van der Waals surface area contributed by atoms with Crippen molar-refractivity contribution in [2.24, 2.45) is 0 Å². The highest BCUT2D eigenvalue weighted by Gasteiger charge is 2.20. The summed E-state index contributed by atoms with van der Waals surface area (Å²) in [5.41, 5.74) is 2.81. The molecule has 0 unspecified atom stereocenters. The van der Waals surface area contributed by atoms with Crippen molar-refractivity contribution in [3.63, 3.8) is 0 Å². The number of nitrogens with zero attached hydrogens (tertiary/aromatic N) is 3. The Kier molecular flexibility index (Phi) is 6.74. The summed E-state index contributed by atoms with van der Waals surface area (Å²) in [5.74, 6) is -0.440. The van der Waals surface area contributed by atoms with Crippen LogP contribution >= 0.6 is 22.9 Å². The number of carbonyl (C=O) groups excluding carboxylic acids is 1. The standard InChI is InChI=1S/C23H23ClN4O3S/c1-15-11-20(29)21(22(30)25-12-17-13-27-9-10-32-23(27)26-17)19(14-31-2)28(15)8-7-16-5-3-4-6-18(16)24/h3-6,9-11,13H,7-8,12,14H2,1-2H3,(H,25,30). The predicted octanol–water partition coefficient (Wildman–Crippen LogP) is 3.84. The van der Waals surface area contributed by atoms with Crippen LogP contribution in [0.1, 0.15) is 33.0 Å². The Bertz CT molecular complexity index is 1300. The predicted molar refractivity (Wildman–Crippen MR) is 126 cm³/mol. The molecule has 1 amide bonds. The molecule has 1 aromatic carbocycles. The summed E-state index contributed by atoms with van der Waals surface area (Å²) in [6.45, 7) is 2.79. The molecule has 0 aliphatic heterocycles. The first kappa shape index (κ1) is 22.3. The number of thiazole rings is 1. The van der Waals surface area contributed by atoms with Crippen LogP contribution in [-0.2, 0) is 30.9 Å². The third-order valence-electron chi connectivity index (χ3n) is 5.27. The lowest BCUT2D eigenvalue weighted by Gasteiger charge is -2.20. The number of fused-ring (bicyclic) bond motifs is 1. The van der Waals surface area contributed by atoms with Crippen molar-refractivity contribution in [2.75, 3.05) is 7.11 Å². The number of amides is 1. The van der Waals surface area contributed by atoms with Gasteiger partial charge in [0.25, 0.3) is 5.91 Å². The van der Waals surface area contributed by atoms with Gasteiger partial charge < -0.3 is 14.6 Å². The highest BCUT2D eigenvalue weighted by Crippen LogP contribution is 2.18. The molecule has 0 aliphatic carbocycles. The van der Waals surface area contributed by atoms with Crippen molar-refractivity contribution in [2.45, 2.75) is 33.0 Å². The van der Waals surface area contributed by atoms with E-state index in [2.05, 4.69) is 10.3 Å². The van der Waals surface area contributed by atoms with E-state index >= 15 is 0 Å². The van der Waals surface area contributed by atoms with Crippen molar-refractivity contribution in [1.82, 2.24) is 19.3 Å². The van der Waals surface area contributed by atoms with Crippen LogP contribution in [0.3, 0.4) is 0 Å². The SMILES string of the molecule is COCc1c(C(=O)NCc2cn3ccsc3n2)c(=O)cc(C)n1CCc1ccccc1Cl. The monoisotopic (exact) mass is 470 g/mol. The minimum atomic E-state index is -0.440. The molecule has 3 aromatic heterocycles. The van der Waals surface area contributed by atoms with Crippen molar-refractivity contribution in [1.29, 1.82) is 0 Å². The van der Waals surface area contributed by atoms with E-state index in [1.165, 1.54) is 17.4 Å². The highest BCUT2D eigenvalue weighted by atomic mass is 35.5. The number of hydrogen-bond acceptors (Lipinski definition) is 5. The van der Waals surface area contributed by atoms with Crippen LogP contribution < -0.4 is 10.7 Å². The van der Waals surface area contributed by atoms with E-state index < -0.39 is 5.91 Å². The number of aromatic nitrogens is 3. The summed E-state index contributed by atoms with van der Waals surface area (Å²) >= 11 is 7.82. The molecule has 0 spiro atoms. The summed E-state index contributed by atoms with van der Waals surface area (Å²) in [5, 5.41) is 5.47. The third kappa shape index (κ3) is 4.62. The molecule has 0 bridgehead atoms. The fourth-order valence-electron chi connectivity index (χ4n) is 3.72. The van der Waals surface area contributed by atoms with Crippen LogP contribution in [0, 0.1) is 6.92 Å². The van der Waals surface area contributed by atoms with Crippen LogP contribution in [0.2, 0.25) is 5.02 Å². The van der Waals surface area contributed by atoms with Gasteiger partial charge in [-0.05, 0) is 25.0 Å². The quantitative estimate of drug-likeness (QED) is 0.424. The second-order valence-corrected chi connectivity index (χ2v) is 8.69. The molecule has 0 aliphatic rings. The van der Waals surface area contributed by atoms with Crippen LogP contribution in [0.5, 0.6) is 0 Å². The lowest BCUT2D eigenvalue weighted by Crippen LogP contribution is -2.33. The fourth-order valence-corrected chi connectivity index (χ4v) is 4.67. The molecule has 3 heterocycles. The normalized spacial score (nSPS) is 11.2. The largest absolute Gasteiger partial charge is 0.378 e. The Labute approximate surface area is 194 Å². The molecule has 0 saturated heterocycles. The molecule has 0 atom stereocenters. The van der Waals surface area contributed by atoms with Gasteiger partial charge in [-0.25, -0.2) is 4.98 Å². The summed E-state index contributed by atoms with van der Waals surface area (Å²) in [4.78, 5) is 31.2. The first-order valence-electron chi connectivity index (χ1n) is 10.1. The lowest BCUT2D eigenvalue weighted by atomic mass is 10.1. The average Bonchev–Trinajstić information content (AvgIpc) is 3.35. The van der Waals surface area contributed by atoms with Crippen molar-refractivity contribution in [3.8, 4) is 0 Å². The number of nitrogens with one attached hydrogen (secondary N) is 1. The van der Waals surface area contributed by atoms with Crippen molar-refractivity contribution >= 4 is 33.8 Å². The zero-order valence-electron chi connectivity index (χ0n) is 17.8. The number of pyridine rings is 1. The van der Waals surface area contributed by atoms with Gasteiger partial charge in [-0.3, -0.25) is 14.0 Å². The maximum absolute atomic E-state index is 13.0. The number of halogens is 1. The molecule has 7 nitrogen and oxygen atoms in total. The van der Waals surface area contributed by atoms with E-state index in [4.69, 9.17) is 16.3 Å². The third-order valence-corrected chi connectivity index (χ3v) is 6.41. The Hall–Kier alpha value is -2.94. The van der Waals surface area contributed by atoms with Gasteiger partial charge in [0.1, 0.15) is 5.56 Å².